The molecular formula is C18H24F3N5O3. The number of halogens is 3. The van der Waals surface area contributed by atoms with E-state index in [4.69, 9.17) is 0 Å². The molecule has 0 atom stereocenters. The predicted molar refractivity (Wildman–Crippen MR) is 95.4 cm³/mol. The van der Waals surface area contributed by atoms with Gasteiger partial charge in [-0.25, -0.2) is 9.78 Å². The normalized spacial score (nSPS) is 19.0. The lowest BCUT2D eigenvalue weighted by Gasteiger charge is -2.30. The number of carbonyl (C=O) groups excluding carboxylic acids is 3. The first-order valence-electron chi connectivity index (χ1n) is 9.56. The van der Waals surface area contributed by atoms with Gasteiger partial charge in [0.2, 0.25) is 5.91 Å². The minimum Gasteiger partial charge on any atom is -0.338 e. The molecule has 29 heavy (non-hydrogen) atoms. The molecule has 1 aliphatic heterocycles. The number of nitrogens with one attached hydrogen (secondary N) is 1. The smallest absolute Gasteiger partial charge is 0.338 e. The molecule has 3 rings (SSSR count). The maximum atomic E-state index is 12.7. The summed E-state index contributed by atoms with van der Waals surface area (Å²) in [6.45, 7) is -1.35. The van der Waals surface area contributed by atoms with Crippen LogP contribution in [0.2, 0.25) is 0 Å². The predicted octanol–water partition coefficient (Wildman–Crippen LogP) is 2.05. The molecule has 2 heterocycles. The Balaban J connectivity index is 1.55. The molecule has 1 aliphatic carbocycles. The second-order valence-electron chi connectivity index (χ2n) is 7.62. The number of imide groups is 1. The zero-order chi connectivity index (χ0) is 21.2. The molecule has 2 aliphatic rings. The van der Waals surface area contributed by atoms with Crippen LogP contribution in [-0.4, -0.2) is 62.5 Å². The molecule has 1 spiro atoms. The van der Waals surface area contributed by atoms with Gasteiger partial charge >= 0.3 is 12.2 Å². The molecule has 4 amide bonds. The lowest BCUT2D eigenvalue weighted by molar-refractivity contribution is -0.141. The summed E-state index contributed by atoms with van der Waals surface area (Å²) >= 11 is 0. The fraction of sp³-hybridized carbons (Fsp3) is 0.667. The van der Waals surface area contributed by atoms with Crippen molar-refractivity contribution in [1.29, 1.82) is 0 Å². The summed E-state index contributed by atoms with van der Waals surface area (Å²) < 4.78 is 38.8. The van der Waals surface area contributed by atoms with Crippen LogP contribution >= 0.6 is 0 Å². The summed E-state index contributed by atoms with van der Waals surface area (Å²) in [5.74, 6) is -0.579. The molecular weight excluding hydrogens is 391 g/mol. The highest BCUT2D eigenvalue weighted by Gasteiger charge is 2.51. The highest BCUT2D eigenvalue weighted by Crippen LogP contribution is 2.33. The van der Waals surface area contributed by atoms with Crippen LogP contribution in [0, 0.1) is 0 Å². The van der Waals surface area contributed by atoms with Crippen molar-refractivity contribution < 1.29 is 27.6 Å². The van der Waals surface area contributed by atoms with Gasteiger partial charge in [-0.2, -0.15) is 13.2 Å². The van der Waals surface area contributed by atoms with Crippen molar-refractivity contribution in [3.05, 3.63) is 18.2 Å². The first-order chi connectivity index (χ1) is 13.6. The van der Waals surface area contributed by atoms with Gasteiger partial charge in [0.25, 0.3) is 5.91 Å². The molecule has 1 saturated carbocycles. The van der Waals surface area contributed by atoms with Crippen molar-refractivity contribution in [2.75, 3.05) is 13.6 Å². The van der Waals surface area contributed by atoms with E-state index < -0.39 is 30.2 Å². The van der Waals surface area contributed by atoms with Crippen molar-refractivity contribution in [2.45, 2.75) is 63.3 Å². The van der Waals surface area contributed by atoms with Gasteiger partial charge < -0.3 is 14.8 Å². The molecule has 0 radical (unpaired) electrons. The van der Waals surface area contributed by atoms with Crippen molar-refractivity contribution in [3.63, 3.8) is 0 Å². The van der Waals surface area contributed by atoms with Gasteiger partial charge in [-0.3, -0.25) is 14.5 Å². The molecule has 0 bridgehead atoms. The summed E-state index contributed by atoms with van der Waals surface area (Å²) in [6, 6.07) is -0.493. The second-order valence-corrected chi connectivity index (χ2v) is 7.62. The van der Waals surface area contributed by atoms with Crippen LogP contribution < -0.4 is 5.32 Å². The van der Waals surface area contributed by atoms with Gasteiger partial charge in [-0.15, -0.1) is 0 Å². The Morgan fingerprint density at radius 2 is 1.97 bits per heavy atom. The third-order valence-electron chi connectivity index (χ3n) is 5.46. The maximum absolute atomic E-state index is 12.7. The molecule has 0 aromatic carbocycles. The number of aromatic nitrogens is 2. The Labute approximate surface area is 166 Å². The van der Waals surface area contributed by atoms with Crippen LogP contribution in [0.1, 0.15) is 44.3 Å². The average molecular weight is 415 g/mol. The van der Waals surface area contributed by atoms with E-state index in [2.05, 4.69) is 10.3 Å². The molecule has 0 unspecified atom stereocenters. The largest absolute Gasteiger partial charge is 0.406 e. The van der Waals surface area contributed by atoms with Crippen LogP contribution in [0.15, 0.2) is 12.4 Å². The number of hydrogen-bond acceptors (Lipinski definition) is 4. The molecule has 1 saturated heterocycles. The number of urea groups is 1. The highest BCUT2D eigenvalue weighted by atomic mass is 19.4. The van der Waals surface area contributed by atoms with Crippen molar-refractivity contribution in [1.82, 2.24) is 24.7 Å². The Kier molecular flexibility index (Phi) is 5.85. The molecule has 1 aromatic heterocycles. The number of rotatable bonds is 6. The van der Waals surface area contributed by atoms with Crippen LogP contribution in [0.4, 0.5) is 18.0 Å². The van der Waals surface area contributed by atoms with Crippen LogP contribution in [-0.2, 0) is 22.7 Å². The fourth-order valence-corrected chi connectivity index (χ4v) is 3.90. The van der Waals surface area contributed by atoms with Crippen LogP contribution in [0.25, 0.3) is 0 Å². The standard InChI is InChI=1S/C18H24F3N5O3/c1-24(11-13-22-8-10-25(13)12-18(19,20)21)14(27)5-9-26-15(28)17(23-16(26)29)6-3-2-4-7-17/h8,10H,2-7,9,11-12H2,1H3,(H,23,29). The second kappa shape index (κ2) is 8.03. The monoisotopic (exact) mass is 415 g/mol. The SMILES string of the molecule is CN(Cc1nccn1CC(F)(F)F)C(=O)CCN1C(=O)NC2(CCCCC2)C1=O. The lowest BCUT2D eigenvalue weighted by atomic mass is 9.82. The van der Waals surface area contributed by atoms with Gasteiger partial charge in [0, 0.05) is 32.4 Å². The fourth-order valence-electron chi connectivity index (χ4n) is 3.90. The molecule has 160 valence electrons. The first kappa shape index (κ1) is 21.1. The minimum absolute atomic E-state index is 0.0629. The zero-order valence-electron chi connectivity index (χ0n) is 16.2. The lowest BCUT2D eigenvalue weighted by Crippen LogP contribution is -2.48. The van der Waals surface area contributed by atoms with Crippen molar-refractivity contribution in [2.24, 2.45) is 0 Å². The third kappa shape index (κ3) is 4.70. The summed E-state index contributed by atoms with van der Waals surface area (Å²) in [7, 11) is 1.45. The number of carbonyl (C=O) groups is 3. The van der Waals surface area contributed by atoms with Gasteiger partial charge in [0.1, 0.15) is 17.9 Å². The molecule has 1 N–H and O–H groups in total. The molecule has 8 nitrogen and oxygen atoms in total. The van der Waals surface area contributed by atoms with E-state index in [1.807, 2.05) is 0 Å². The Morgan fingerprint density at radius 3 is 2.62 bits per heavy atom. The van der Waals surface area contributed by atoms with Gasteiger partial charge in [0.05, 0.1) is 6.54 Å². The van der Waals surface area contributed by atoms with Crippen molar-refractivity contribution >= 4 is 17.8 Å². The van der Waals surface area contributed by atoms with Gasteiger partial charge in [0.15, 0.2) is 0 Å². The topological polar surface area (TPSA) is 87.5 Å². The number of imidazole rings is 1. The maximum Gasteiger partial charge on any atom is 0.406 e. The van der Waals surface area contributed by atoms with E-state index in [9.17, 15) is 27.6 Å². The van der Waals surface area contributed by atoms with E-state index in [1.54, 1.807) is 0 Å². The van der Waals surface area contributed by atoms with Crippen LogP contribution in [0.3, 0.4) is 0 Å². The molecule has 1 aromatic rings. The van der Waals surface area contributed by atoms with E-state index in [0.29, 0.717) is 12.8 Å². The summed E-state index contributed by atoms with van der Waals surface area (Å²) in [6.07, 6.45) is 1.92. The Morgan fingerprint density at radius 1 is 1.28 bits per heavy atom. The van der Waals surface area contributed by atoms with Crippen molar-refractivity contribution in [3.8, 4) is 0 Å². The zero-order valence-corrected chi connectivity index (χ0v) is 16.2. The minimum atomic E-state index is -4.39. The van der Waals surface area contributed by atoms with E-state index >= 15 is 0 Å². The molecule has 2 fully saturated rings. The number of nitrogens with zero attached hydrogens (tertiary/aromatic N) is 4. The van der Waals surface area contributed by atoms with E-state index in [-0.39, 0.29) is 31.2 Å². The molecule has 11 heteroatoms. The first-order valence-corrected chi connectivity index (χ1v) is 9.56. The van der Waals surface area contributed by atoms with E-state index in [1.165, 1.54) is 24.3 Å². The summed E-state index contributed by atoms with van der Waals surface area (Å²) in [5.41, 5.74) is -0.841. The van der Waals surface area contributed by atoms with Gasteiger partial charge in [-0.05, 0) is 12.8 Å². The number of hydrogen-bond donors (Lipinski definition) is 1. The van der Waals surface area contributed by atoms with E-state index in [0.717, 1.165) is 28.7 Å². The van der Waals surface area contributed by atoms with Gasteiger partial charge in [-0.1, -0.05) is 19.3 Å². The third-order valence-corrected chi connectivity index (χ3v) is 5.46. The highest BCUT2D eigenvalue weighted by molar-refractivity contribution is 6.07. The Hall–Kier alpha value is -2.59. The van der Waals surface area contributed by atoms with Crippen LogP contribution in [0.5, 0.6) is 0 Å². The quantitative estimate of drug-likeness (QED) is 0.721. The Bertz CT molecular complexity index is 786. The summed E-state index contributed by atoms with van der Waals surface area (Å²) in [4.78, 5) is 43.5. The average Bonchev–Trinajstić information content (AvgIpc) is 3.15. The number of alkyl halides is 3. The number of amides is 4. The summed E-state index contributed by atoms with van der Waals surface area (Å²) in [5, 5.41) is 2.78.